The Hall–Kier alpha value is -5.51. The molecule has 0 atom stereocenters. The minimum absolute atomic E-state index is 0.402. The van der Waals surface area contributed by atoms with Gasteiger partial charge in [0.15, 0.2) is 5.58 Å². The van der Waals surface area contributed by atoms with Crippen molar-refractivity contribution in [1.82, 2.24) is 0 Å². The Morgan fingerprint density at radius 1 is 0.478 bits per heavy atom. The molecule has 8 aromatic rings. The van der Waals surface area contributed by atoms with E-state index in [0.717, 1.165) is 33.3 Å². The molecule has 0 amide bonds. The van der Waals surface area contributed by atoms with Crippen LogP contribution in [0.5, 0.6) is 0 Å². The highest BCUT2D eigenvalue weighted by Gasteiger charge is 2.50. The third-order valence-electron chi connectivity index (χ3n) is 9.73. The van der Waals surface area contributed by atoms with Crippen LogP contribution in [0.2, 0.25) is 0 Å². The maximum Gasteiger partial charge on any atom is 0.158 e. The van der Waals surface area contributed by atoms with Crippen molar-refractivity contribution in [3.8, 4) is 22.3 Å². The van der Waals surface area contributed by atoms with E-state index in [-0.39, 0.29) is 0 Å². The molecule has 1 spiro atoms. The predicted molar refractivity (Wildman–Crippen MR) is 190 cm³/mol. The smallest absolute Gasteiger partial charge is 0.158 e. The zero-order valence-electron chi connectivity index (χ0n) is 24.8. The van der Waals surface area contributed by atoms with Gasteiger partial charge in [0.2, 0.25) is 0 Å². The number of hydrogen-bond donors (Lipinski definition) is 1. The van der Waals surface area contributed by atoms with Crippen LogP contribution in [0.15, 0.2) is 172 Å². The Morgan fingerprint density at radius 2 is 1.17 bits per heavy atom. The molecule has 0 unspecified atom stereocenters. The number of benzene rings is 7. The van der Waals surface area contributed by atoms with Crippen LogP contribution in [0, 0.1) is 0 Å². The molecule has 0 bridgehead atoms. The predicted octanol–water partition coefficient (Wildman–Crippen LogP) is 11.8. The topological polar surface area (TPSA) is 25.2 Å². The van der Waals surface area contributed by atoms with E-state index < -0.39 is 5.41 Å². The lowest BCUT2D eigenvalue weighted by molar-refractivity contribution is 0.670. The second kappa shape index (κ2) is 9.74. The van der Waals surface area contributed by atoms with Gasteiger partial charge in [-0.15, -0.1) is 0 Å². The number of rotatable bonds is 3. The highest BCUT2D eigenvalue weighted by molar-refractivity contribution is 7.99. The molecule has 216 valence electrons. The van der Waals surface area contributed by atoms with Gasteiger partial charge in [0.1, 0.15) is 5.58 Å². The molecule has 46 heavy (non-hydrogen) atoms. The first kappa shape index (κ1) is 25.8. The minimum Gasteiger partial charge on any atom is -0.454 e. The fourth-order valence-electron chi connectivity index (χ4n) is 7.80. The van der Waals surface area contributed by atoms with Gasteiger partial charge >= 0.3 is 0 Å². The van der Waals surface area contributed by atoms with Gasteiger partial charge in [0.25, 0.3) is 0 Å². The molecule has 1 aromatic heterocycles. The first-order valence-corrected chi connectivity index (χ1v) is 16.5. The van der Waals surface area contributed by atoms with Gasteiger partial charge in [0.05, 0.1) is 11.1 Å². The van der Waals surface area contributed by atoms with E-state index in [2.05, 4.69) is 163 Å². The molecule has 10 rings (SSSR count). The number of para-hydroxylation sites is 1. The highest BCUT2D eigenvalue weighted by Crippen LogP contribution is 2.62. The summed E-state index contributed by atoms with van der Waals surface area (Å²) in [6, 6.07) is 57.1. The molecule has 1 aliphatic heterocycles. The number of anilines is 2. The van der Waals surface area contributed by atoms with E-state index in [1.165, 1.54) is 54.3 Å². The Bertz CT molecular complexity index is 2450. The van der Waals surface area contributed by atoms with Crippen molar-refractivity contribution < 1.29 is 4.42 Å². The van der Waals surface area contributed by atoms with Crippen molar-refractivity contribution in [2.75, 3.05) is 5.32 Å². The molecule has 1 aliphatic carbocycles. The van der Waals surface area contributed by atoms with Gasteiger partial charge in [-0.25, -0.2) is 0 Å². The van der Waals surface area contributed by atoms with Crippen LogP contribution in [0.25, 0.3) is 44.2 Å². The summed E-state index contributed by atoms with van der Waals surface area (Å²) in [4.78, 5) is 2.59. The second-order valence-electron chi connectivity index (χ2n) is 12.1. The normalized spacial score (nSPS) is 13.7. The SMILES string of the molecule is c1ccc(-c2ccc3oc4c(Nc5ccc6c(c5)C5(c7ccccc7S6)c6ccccc6-c6ccccc65)cccc4c3c2)cc1. The van der Waals surface area contributed by atoms with Gasteiger partial charge < -0.3 is 9.73 Å². The number of hydrogen-bond acceptors (Lipinski definition) is 3. The molecule has 0 saturated heterocycles. The first-order chi connectivity index (χ1) is 22.8. The molecule has 0 fully saturated rings. The van der Waals surface area contributed by atoms with Crippen LogP contribution in [-0.4, -0.2) is 0 Å². The number of furan rings is 1. The zero-order chi connectivity index (χ0) is 30.2. The van der Waals surface area contributed by atoms with E-state index in [1.807, 2.05) is 11.8 Å². The van der Waals surface area contributed by atoms with Crippen molar-refractivity contribution in [3.05, 3.63) is 180 Å². The molecule has 2 aliphatic rings. The fourth-order valence-corrected chi connectivity index (χ4v) is 8.97. The monoisotopic (exact) mass is 605 g/mol. The molecular formula is C43H27NOS. The van der Waals surface area contributed by atoms with Crippen molar-refractivity contribution in [2.24, 2.45) is 0 Å². The highest BCUT2D eigenvalue weighted by atomic mass is 32.2. The summed E-state index contributed by atoms with van der Waals surface area (Å²) in [6.07, 6.45) is 0. The average molecular weight is 606 g/mol. The van der Waals surface area contributed by atoms with Crippen molar-refractivity contribution in [1.29, 1.82) is 0 Å². The van der Waals surface area contributed by atoms with Crippen LogP contribution in [-0.2, 0) is 5.41 Å². The van der Waals surface area contributed by atoms with E-state index in [4.69, 9.17) is 4.42 Å². The summed E-state index contributed by atoms with van der Waals surface area (Å²) in [5.74, 6) is 0. The van der Waals surface area contributed by atoms with Gasteiger partial charge in [0, 0.05) is 26.3 Å². The third-order valence-corrected chi connectivity index (χ3v) is 10.9. The van der Waals surface area contributed by atoms with E-state index >= 15 is 0 Å². The molecule has 2 nitrogen and oxygen atoms in total. The van der Waals surface area contributed by atoms with Gasteiger partial charge in [-0.2, -0.15) is 0 Å². The fraction of sp³-hybridized carbons (Fsp3) is 0.0233. The molecular weight excluding hydrogens is 579 g/mol. The summed E-state index contributed by atoms with van der Waals surface area (Å²) in [5, 5.41) is 6.01. The molecule has 0 saturated carbocycles. The standard InChI is InChI=1S/C43H27NOS/c1-2-11-27(12-3-1)28-21-23-39-33(25-28)32-15-10-19-38(42(32)45-39)44-29-22-24-41-37(26-29)43(36-18-8-9-20-40(36)46-41)34-16-6-4-13-30(34)31-14-5-7-17-35(31)43/h1-26,44H. The summed E-state index contributed by atoms with van der Waals surface area (Å²) in [6.45, 7) is 0. The second-order valence-corrected chi connectivity index (χ2v) is 13.2. The van der Waals surface area contributed by atoms with Crippen LogP contribution in [0.1, 0.15) is 22.3 Å². The first-order valence-electron chi connectivity index (χ1n) is 15.7. The van der Waals surface area contributed by atoms with Gasteiger partial charge in [-0.1, -0.05) is 127 Å². The Labute approximate surface area is 271 Å². The van der Waals surface area contributed by atoms with Gasteiger partial charge in [-0.05, 0) is 87.0 Å². The van der Waals surface area contributed by atoms with Crippen molar-refractivity contribution in [2.45, 2.75) is 15.2 Å². The van der Waals surface area contributed by atoms with Gasteiger partial charge in [-0.3, -0.25) is 0 Å². The molecule has 7 aromatic carbocycles. The van der Waals surface area contributed by atoms with Crippen LogP contribution in [0.3, 0.4) is 0 Å². The van der Waals surface area contributed by atoms with Crippen LogP contribution < -0.4 is 5.32 Å². The number of nitrogens with one attached hydrogen (secondary N) is 1. The zero-order valence-corrected chi connectivity index (χ0v) is 25.6. The lowest BCUT2D eigenvalue weighted by atomic mass is 9.67. The third kappa shape index (κ3) is 3.55. The van der Waals surface area contributed by atoms with E-state index in [0.29, 0.717) is 0 Å². The average Bonchev–Trinajstić information content (AvgIpc) is 3.64. The summed E-state index contributed by atoms with van der Waals surface area (Å²) in [5.41, 5.74) is 13.7. The Morgan fingerprint density at radius 3 is 1.98 bits per heavy atom. The lowest BCUT2D eigenvalue weighted by Crippen LogP contribution is -2.32. The quantitative estimate of drug-likeness (QED) is 0.217. The largest absolute Gasteiger partial charge is 0.454 e. The number of fused-ring (bicyclic) bond motifs is 12. The van der Waals surface area contributed by atoms with E-state index in [1.54, 1.807) is 0 Å². The van der Waals surface area contributed by atoms with Crippen LogP contribution in [0.4, 0.5) is 11.4 Å². The van der Waals surface area contributed by atoms with Crippen molar-refractivity contribution in [3.63, 3.8) is 0 Å². The Kier molecular flexibility index (Phi) is 5.46. The lowest BCUT2D eigenvalue weighted by Gasteiger charge is -2.39. The summed E-state index contributed by atoms with van der Waals surface area (Å²) in [7, 11) is 0. The summed E-state index contributed by atoms with van der Waals surface area (Å²) >= 11 is 1.87. The van der Waals surface area contributed by atoms with Crippen LogP contribution >= 0.6 is 11.8 Å². The van der Waals surface area contributed by atoms with Crippen molar-refractivity contribution >= 4 is 45.1 Å². The molecule has 1 N–H and O–H groups in total. The summed E-state index contributed by atoms with van der Waals surface area (Å²) < 4.78 is 6.53. The maximum absolute atomic E-state index is 6.53. The molecule has 0 radical (unpaired) electrons. The van der Waals surface area contributed by atoms with E-state index in [9.17, 15) is 0 Å². The minimum atomic E-state index is -0.402. The maximum atomic E-state index is 6.53. The Balaban J connectivity index is 1.14. The molecule has 2 heterocycles. The molecule has 3 heteroatoms.